The number of aliphatic carboxylic acids is 1. The molecule has 0 aromatic carbocycles. The number of hydrogen-bond donors (Lipinski definition) is 2. The molecule has 1 atom stereocenters. The molecule has 0 rings (SSSR count). The number of halogens is 3. The number of alkyl halides is 3. The zero-order chi connectivity index (χ0) is 13.6. The first-order valence-electron chi connectivity index (χ1n) is 4.35. The lowest BCUT2D eigenvalue weighted by atomic mass is 10.1. The van der Waals surface area contributed by atoms with E-state index in [-0.39, 0.29) is 0 Å². The van der Waals surface area contributed by atoms with E-state index in [1.807, 2.05) is 0 Å². The number of nitrogens with one attached hydrogen (secondary N) is 1. The van der Waals surface area contributed by atoms with Crippen LogP contribution in [-0.2, 0) is 19.1 Å². The van der Waals surface area contributed by atoms with Crippen molar-refractivity contribution in [3.8, 4) is 0 Å². The van der Waals surface area contributed by atoms with Gasteiger partial charge in [0.05, 0.1) is 7.11 Å². The van der Waals surface area contributed by atoms with Crippen molar-refractivity contribution >= 4 is 17.8 Å². The Morgan fingerprint density at radius 2 is 1.88 bits per heavy atom. The summed E-state index contributed by atoms with van der Waals surface area (Å²) < 4.78 is 39.7. The number of carbonyl (C=O) groups excluding carboxylic acids is 2. The van der Waals surface area contributed by atoms with Crippen molar-refractivity contribution in [1.82, 2.24) is 5.32 Å². The Labute approximate surface area is 93.7 Å². The number of esters is 1. The summed E-state index contributed by atoms with van der Waals surface area (Å²) >= 11 is 0. The normalized spacial score (nSPS) is 12.7. The summed E-state index contributed by atoms with van der Waals surface area (Å²) in [6.45, 7) is 0. The number of hydrogen-bond acceptors (Lipinski definition) is 4. The van der Waals surface area contributed by atoms with Gasteiger partial charge in [-0.1, -0.05) is 0 Å². The van der Waals surface area contributed by atoms with E-state index in [0.29, 0.717) is 0 Å². The average molecular weight is 257 g/mol. The van der Waals surface area contributed by atoms with E-state index >= 15 is 0 Å². The number of methoxy groups -OCH3 is 1. The van der Waals surface area contributed by atoms with E-state index < -0.39 is 42.9 Å². The van der Waals surface area contributed by atoms with E-state index in [0.717, 1.165) is 7.11 Å². The average Bonchev–Trinajstić information content (AvgIpc) is 2.21. The third-order valence-electron chi connectivity index (χ3n) is 1.73. The highest BCUT2D eigenvalue weighted by molar-refractivity contribution is 5.87. The van der Waals surface area contributed by atoms with Crippen LogP contribution in [-0.4, -0.2) is 42.3 Å². The second-order valence-corrected chi connectivity index (χ2v) is 2.98. The maximum atomic E-state index is 11.8. The summed E-state index contributed by atoms with van der Waals surface area (Å²) in [7, 11) is 1.05. The molecule has 0 radical (unpaired) electrons. The summed E-state index contributed by atoms with van der Waals surface area (Å²) in [6, 6.07) is -1.79. The number of carboxylic acid groups (broad SMARTS) is 1. The van der Waals surface area contributed by atoms with Crippen LogP contribution in [0.15, 0.2) is 0 Å². The first-order valence-corrected chi connectivity index (χ1v) is 4.35. The summed E-state index contributed by atoms with van der Waals surface area (Å²) in [5, 5.41) is 9.80. The molecule has 0 heterocycles. The molecule has 0 saturated heterocycles. The molecule has 0 spiro atoms. The lowest BCUT2D eigenvalue weighted by Crippen LogP contribution is -2.47. The number of ether oxygens (including phenoxy) is 1. The highest BCUT2D eigenvalue weighted by Crippen LogP contribution is 2.15. The van der Waals surface area contributed by atoms with E-state index in [1.165, 1.54) is 5.32 Å². The Balaban J connectivity index is 4.41. The summed E-state index contributed by atoms with van der Waals surface area (Å²) in [6.07, 6.45) is -6.06. The summed E-state index contributed by atoms with van der Waals surface area (Å²) in [5.74, 6) is -4.81. The van der Waals surface area contributed by atoms with Gasteiger partial charge >= 0.3 is 24.0 Å². The minimum Gasteiger partial charge on any atom is -0.480 e. The molecule has 17 heavy (non-hydrogen) atoms. The molecule has 98 valence electrons. The van der Waals surface area contributed by atoms with Crippen molar-refractivity contribution in [2.45, 2.75) is 25.1 Å². The Hall–Kier alpha value is -1.80. The first-order chi connectivity index (χ1) is 7.68. The molecule has 0 saturated carbocycles. The van der Waals surface area contributed by atoms with Gasteiger partial charge in [-0.2, -0.15) is 13.2 Å². The molecule has 0 unspecified atom stereocenters. The Bertz CT molecular complexity index is 315. The predicted octanol–water partition coefficient (Wildman–Crippen LogP) is 0.0713. The monoisotopic (exact) mass is 257 g/mol. The SMILES string of the molecule is COC(=O)CC[C@@H](NC(=O)C(F)(F)F)C(=O)O. The van der Waals surface area contributed by atoms with Crippen LogP contribution < -0.4 is 5.32 Å². The van der Waals surface area contributed by atoms with Gasteiger partial charge in [0.1, 0.15) is 6.04 Å². The van der Waals surface area contributed by atoms with Crippen molar-refractivity contribution in [3.63, 3.8) is 0 Å². The van der Waals surface area contributed by atoms with Crippen LogP contribution in [0.5, 0.6) is 0 Å². The fourth-order valence-electron chi connectivity index (χ4n) is 0.862. The van der Waals surface area contributed by atoms with Crippen LogP contribution in [0.2, 0.25) is 0 Å². The van der Waals surface area contributed by atoms with E-state index in [9.17, 15) is 27.6 Å². The van der Waals surface area contributed by atoms with E-state index in [2.05, 4.69) is 4.74 Å². The zero-order valence-electron chi connectivity index (χ0n) is 8.71. The van der Waals surface area contributed by atoms with Crippen LogP contribution in [0.3, 0.4) is 0 Å². The number of carboxylic acids is 1. The first kappa shape index (κ1) is 15.2. The highest BCUT2D eigenvalue weighted by atomic mass is 19.4. The van der Waals surface area contributed by atoms with Gasteiger partial charge in [0.25, 0.3) is 0 Å². The second kappa shape index (κ2) is 6.06. The molecule has 0 bridgehead atoms. The largest absolute Gasteiger partial charge is 0.480 e. The zero-order valence-corrected chi connectivity index (χ0v) is 8.71. The molecule has 2 N–H and O–H groups in total. The third kappa shape index (κ3) is 5.73. The maximum absolute atomic E-state index is 11.8. The number of rotatable bonds is 5. The standard InChI is InChI=1S/C8H10F3NO5/c1-17-5(13)3-2-4(6(14)15)12-7(16)8(9,10)11/h4H,2-3H2,1H3,(H,12,16)(H,14,15)/t4-/m1/s1. The lowest BCUT2D eigenvalue weighted by Gasteiger charge is -2.14. The molecular weight excluding hydrogens is 247 g/mol. The predicted molar refractivity (Wildman–Crippen MR) is 46.9 cm³/mol. The Morgan fingerprint density at radius 3 is 2.24 bits per heavy atom. The molecule has 0 aliphatic heterocycles. The fraction of sp³-hybridized carbons (Fsp3) is 0.625. The topological polar surface area (TPSA) is 92.7 Å². The molecule has 0 aliphatic carbocycles. The Kier molecular flexibility index (Phi) is 5.42. The molecule has 0 aliphatic rings. The minimum atomic E-state index is -5.17. The fourth-order valence-corrected chi connectivity index (χ4v) is 0.862. The van der Waals surface area contributed by atoms with Gasteiger partial charge < -0.3 is 15.2 Å². The van der Waals surface area contributed by atoms with Gasteiger partial charge in [-0.3, -0.25) is 9.59 Å². The van der Waals surface area contributed by atoms with Gasteiger partial charge in [-0.25, -0.2) is 4.79 Å². The van der Waals surface area contributed by atoms with Gasteiger partial charge in [0.15, 0.2) is 0 Å². The van der Waals surface area contributed by atoms with Gasteiger partial charge in [0, 0.05) is 6.42 Å². The Morgan fingerprint density at radius 1 is 1.35 bits per heavy atom. The van der Waals surface area contributed by atoms with E-state index in [1.54, 1.807) is 0 Å². The van der Waals surface area contributed by atoms with Crippen LogP contribution in [0.1, 0.15) is 12.8 Å². The molecule has 0 fully saturated rings. The molecule has 0 aromatic rings. The number of carbonyl (C=O) groups is 3. The molecular formula is C8H10F3NO5. The molecule has 0 aromatic heterocycles. The highest BCUT2D eigenvalue weighted by Gasteiger charge is 2.40. The number of amides is 1. The van der Waals surface area contributed by atoms with E-state index in [4.69, 9.17) is 5.11 Å². The second-order valence-electron chi connectivity index (χ2n) is 2.98. The van der Waals surface area contributed by atoms with Crippen molar-refractivity contribution < 1.29 is 37.4 Å². The minimum absolute atomic E-state index is 0.411. The molecule has 6 nitrogen and oxygen atoms in total. The molecule has 1 amide bonds. The van der Waals surface area contributed by atoms with Gasteiger partial charge in [-0.15, -0.1) is 0 Å². The van der Waals surface area contributed by atoms with Crippen molar-refractivity contribution in [3.05, 3.63) is 0 Å². The maximum Gasteiger partial charge on any atom is 0.471 e. The van der Waals surface area contributed by atoms with Crippen LogP contribution in [0.25, 0.3) is 0 Å². The van der Waals surface area contributed by atoms with Crippen molar-refractivity contribution in [1.29, 1.82) is 0 Å². The van der Waals surface area contributed by atoms with Crippen molar-refractivity contribution in [2.75, 3.05) is 7.11 Å². The van der Waals surface area contributed by atoms with Crippen molar-refractivity contribution in [2.24, 2.45) is 0 Å². The lowest BCUT2D eigenvalue weighted by molar-refractivity contribution is -0.175. The van der Waals surface area contributed by atoms with Crippen LogP contribution in [0.4, 0.5) is 13.2 Å². The quantitative estimate of drug-likeness (QED) is 0.680. The van der Waals surface area contributed by atoms with Crippen LogP contribution >= 0.6 is 0 Å². The summed E-state index contributed by atoms with van der Waals surface area (Å²) in [4.78, 5) is 31.7. The smallest absolute Gasteiger partial charge is 0.471 e. The summed E-state index contributed by atoms with van der Waals surface area (Å²) in [5.41, 5.74) is 0. The van der Waals surface area contributed by atoms with Gasteiger partial charge in [0.2, 0.25) is 0 Å². The third-order valence-corrected chi connectivity index (χ3v) is 1.73. The molecule has 9 heteroatoms. The van der Waals surface area contributed by atoms with Gasteiger partial charge in [-0.05, 0) is 6.42 Å². The van der Waals surface area contributed by atoms with Crippen LogP contribution in [0, 0.1) is 0 Å².